The van der Waals surface area contributed by atoms with E-state index >= 15 is 0 Å². The molecule has 2 N–H and O–H groups in total. The van der Waals surface area contributed by atoms with E-state index in [1.807, 2.05) is 4.57 Å². The fourth-order valence-electron chi connectivity index (χ4n) is 4.82. The predicted molar refractivity (Wildman–Crippen MR) is 127 cm³/mol. The van der Waals surface area contributed by atoms with Crippen LogP contribution in [-0.4, -0.2) is 35.4 Å². The fourth-order valence-corrected chi connectivity index (χ4v) is 4.82. The molecule has 0 aliphatic carbocycles. The molecule has 0 radical (unpaired) electrons. The summed E-state index contributed by atoms with van der Waals surface area (Å²) in [4.78, 5) is 37.5. The maximum absolute atomic E-state index is 13.4. The largest absolute Gasteiger partial charge is 0.508 e. The number of hydrogen-bond acceptors (Lipinski definition) is 7. The lowest BCUT2D eigenvalue weighted by atomic mass is 10.0. The number of ether oxygens (including phenoxy) is 1. The third-order valence-corrected chi connectivity index (χ3v) is 6.53. The minimum Gasteiger partial charge on any atom is -0.508 e. The Morgan fingerprint density at radius 2 is 1.83 bits per heavy atom. The Kier molecular flexibility index (Phi) is 5.02. The summed E-state index contributed by atoms with van der Waals surface area (Å²) in [6.07, 6.45) is -0.862. The molecule has 35 heavy (non-hydrogen) atoms. The fraction of sp³-hybridized carbons (Fsp3) is 0.250. The summed E-state index contributed by atoms with van der Waals surface area (Å²) in [6, 6.07) is 8.85. The standard InChI is InChI=1S/C24H22N4O7/c1-12-4-5-13(10-16(12)28(33)34)19-18-20(25(2)24(32)26(3)23(18)31)21-22(35-9-8-27(19)21)15-7-6-14(29)11-17(15)30/h4-7,10-11,22,29-30H,8-9H2,1-3H3/t22-/m1/s1. The minimum atomic E-state index is -0.862. The van der Waals surface area contributed by atoms with Gasteiger partial charge in [-0.3, -0.25) is 24.0 Å². The van der Waals surface area contributed by atoms with Crippen LogP contribution in [0.3, 0.4) is 0 Å². The first kappa shape index (κ1) is 22.4. The van der Waals surface area contributed by atoms with Crippen molar-refractivity contribution in [2.24, 2.45) is 14.1 Å². The van der Waals surface area contributed by atoms with Crippen molar-refractivity contribution in [3.8, 4) is 22.8 Å². The van der Waals surface area contributed by atoms with E-state index < -0.39 is 22.3 Å². The van der Waals surface area contributed by atoms with Crippen LogP contribution in [0.1, 0.15) is 22.9 Å². The van der Waals surface area contributed by atoms with Gasteiger partial charge in [0.05, 0.1) is 33.8 Å². The summed E-state index contributed by atoms with van der Waals surface area (Å²) in [5.74, 6) is -0.338. The highest BCUT2D eigenvalue weighted by Gasteiger charge is 2.34. The van der Waals surface area contributed by atoms with Crippen LogP contribution < -0.4 is 11.2 Å². The number of phenols is 2. The Morgan fingerprint density at radius 1 is 1.09 bits per heavy atom. The van der Waals surface area contributed by atoms with Gasteiger partial charge < -0.3 is 19.5 Å². The van der Waals surface area contributed by atoms with Crippen LogP contribution in [0.5, 0.6) is 11.5 Å². The Balaban J connectivity index is 1.94. The molecular formula is C24H22N4O7. The quantitative estimate of drug-likeness (QED) is 0.340. The van der Waals surface area contributed by atoms with E-state index in [0.717, 1.165) is 4.57 Å². The number of hydrogen-bond donors (Lipinski definition) is 2. The minimum absolute atomic E-state index is 0.0902. The summed E-state index contributed by atoms with van der Waals surface area (Å²) >= 11 is 0. The topological polar surface area (TPSA) is 142 Å². The lowest BCUT2D eigenvalue weighted by Crippen LogP contribution is -2.37. The highest BCUT2D eigenvalue weighted by atomic mass is 16.6. The summed E-state index contributed by atoms with van der Waals surface area (Å²) in [6.45, 7) is 2.16. The Labute approximate surface area is 197 Å². The summed E-state index contributed by atoms with van der Waals surface area (Å²) < 4.78 is 10.2. The molecule has 0 saturated carbocycles. The number of nitrogens with zero attached hydrogens (tertiary/aromatic N) is 4. The van der Waals surface area contributed by atoms with Crippen molar-refractivity contribution in [3.63, 3.8) is 0 Å². The molecule has 2 aromatic carbocycles. The van der Waals surface area contributed by atoms with E-state index in [1.165, 1.54) is 42.9 Å². The molecule has 4 aromatic rings. The molecule has 3 heterocycles. The van der Waals surface area contributed by atoms with Crippen molar-refractivity contribution in [3.05, 3.63) is 84.2 Å². The number of nitro groups is 1. The molecular weight excluding hydrogens is 456 g/mol. The van der Waals surface area contributed by atoms with Gasteiger partial charge in [0, 0.05) is 49.5 Å². The third kappa shape index (κ3) is 3.23. The van der Waals surface area contributed by atoms with Crippen LogP contribution >= 0.6 is 0 Å². The van der Waals surface area contributed by atoms with Crippen molar-refractivity contribution in [2.45, 2.75) is 19.6 Å². The molecule has 11 heteroatoms. The van der Waals surface area contributed by atoms with Gasteiger partial charge >= 0.3 is 5.69 Å². The molecule has 11 nitrogen and oxygen atoms in total. The van der Waals surface area contributed by atoms with Gasteiger partial charge in [-0.1, -0.05) is 12.1 Å². The number of benzene rings is 2. The first-order chi connectivity index (χ1) is 16.6. The maximum Gasteiger partial charge on any atom is 0.331 e. The molecule has 180 valence electrons. The summed E-state index contributed by atoms with van der Waals surface area (Å²) in [5, 5.41) is 32.2. The highest BCUT2D eigenvalue weighted by molar-refractivity contribution is 5.97. The second-order valence-corrected chi connectivity index (χ2v) is 8.57. The van der Waals surface area contributed by atoms with Crippen LogP contribution in [0.25, 0.3) is 22.2 Å². The van der Waals surface area contributed by atoms with Gasteiger partial charge in [-0.25, -0.2) is 4.79 Å². The zero-order chi connectivity index (χ0) is 25.2. The molecule has 2 aromatic heterocycles. The van der Waals surface area contributed by atoms with Gasteiger partial charge in [0.2, 0.25) is 0 Å². The van der Waals surface area contributed by atoms with Crippen molar-refractivity contribution in [1.82, 2.24) is 13.7 Å². The lowest BCUT2D eigenvalue weighted by Gasteiger charge is -2.28. The second kappa shape index (κ2) is 7.84. The average molecular weight is 478 g/mol. The van der Waals surface area contributed by atoms with Crippen molar-refractivity contribution < 1.29 is 19.9 Å². The lowest BCUT2D eigenvalue weighted by molar-refractivity contribution is -0.385. The van der Waals surface area contributed by atoms with Crippen LogP contribution in [0.4, 0.5) is 5.69 Å². The van der Waals surface area contributed by atoms with Crippen molar-refractivity contribution >= 4 is 16.6 Å². The summed E-state index contributed by atoms with van der Waals surface area (Å²) in [5.41, 5.74) is 1.30. The third-order valence-electron chi connectivity index (χ3n) is 6.53. The van der Waals surface area contributed by atoms with Crippen molar-refractivity contribution in [1.29, 1.82) is 0 Å². The first-order valence-corrected chi connectivity index (χ1v) is 10.8. The van der Waals surface area contributed by atoms with Crippen molar-refractivity contribution in [2.75, 3.05) is 6.61 Å². The normalized spacial score (nSPS) is 15.3. The van der Waals surface area contributed by atoms with Gasteiger partial charge in [-0.2, -0.15) is 0 Å². The second-order valence-electron chi connectivity index (χ2n) is 8.57. The molecule has 0 fully saturated rings. The Bertz CT molecular complexity index is 1660. The van der Waals surface area contributed by atoms with E-state index in [4.69, 9.17) is 4.74 Å². The number of aromatic hydroxyl groups is 2. The van der Waals surface area contributed by atoms with Gasteiger partial charge in [-0.05, 0) is 19.1 Å². The van der Waals surface area contributed by atoms with Crippen LogP contribution in [0.15, 0.2) is 46.0 Å². The van der Waals surface area contributed by atoms with Crippen LogP contribution in [0, 0.1) is 17.0 Å². The number of phenolic OH excluding ortho intramolecular Hbond substituents is 2. The van der Waals surface area contributed by atoms with Gasteiger partial charge in [0.1, 0.15) is 17.6 Å². The molecule has 0 unspecified atom stereocenters. The number of fused-ring (bicyclic) bond motifs is 3. The zero-order valence-corrected chi connectivity index (χ0v) is 19.2. The Hall–Kier alpha value is -4.38. The van der Waals surface area contributed by atoms with E-state index in [0.29, 0.717) is 40.1 Å². The molecule has 1 atom stereocenters. The smallest absolute Gasteiger partial charge is 0.331 e. The molecule has 1 aliphatic rings. The molecule has 0 saturated heterocycles. The SMILES string of the molecule is Cc1ccc(-c2c3c(=O)n(C)c(=O)n(C)c3c3n2CCO[C@@H]3c2ccc(O)cc2O)cc1[N+](=O)[O-]. The number of aryl methyl sites for hydroxylation is 2. The number of rotatable bonds is 3. The Morgan fingerprint density at radius 3 is 2.51 bits per heavy atom. The predicted octanol–water partition coefficient (Wildman–Crippen LogP) is 2.45. The van der Waals surface area contributed by atoms with E-state index in [9.17, 15) is 29.9 Å². The van der Waals surface area contributed by atoms with Crippen LogP contribution in [0.2, 0.25) is 0 Å². The monoisotopic (exact) mass is 478 g/mol. The van der Waals surface area contributed by atoms with E-state index in [1.54, 1.807) is 19.1 Å². The van der Waals surface area contributed by atoms with Gasteiger partial charge in [0.15, 0.2) is 0 Å². The molecule has 0 spiro atoms. The molecule has 0 amide bonds. The number of aromatic nitrogens is 3. The van der Waals surface area contributed by atoms with E-state index in [2.05, 4.69) is 0 Å². The molecule has 1 aliphatic heterocycles. The first-order valence-electron chi connectivity index (χ1n) is 10.8. The highest BCUT2D eigenvalue weighted by Crippen LogP contribution is 2.43. The average Bonchev–Trinajstić information content (AvgIpc) is 3.17. The summed E-state index contributed by atoms with van der Waals surface area (Å²) in [7, 11) is 2.91. The van der Waals surface area contributed by atoms with Crippen LogP contribution in [-0.2, 0) is 25.4 Å². The molecule has 5 rings (SSSR count). The molecule has 0 bridgehead atoms. The van der Waals surface area contributed by atoms with Gasteiger partial charge in [0.25, 0.3) is 11.2 Å². The van der Waals surface area contributed by atoms with Gasteiger partial charge in [-0.15, -0.1) is 0 Å². The van der Waals surface area contributed by atoms with E-state index in [-0.39, 0.29) is 29.2 Å². The zero-order valence-electron chi connectivity index (χ0n) is 19.2. The number of nitro benzene ring substituents is 1. The maximum atomic E-state index is 13.4.